The summed E-state index contributed by atoms with van der Waals surface area (Å²) >= 11 is 1.48. The van der Waals surface area contributed by atoms with E-state index in [9.17, 15) is 24.6 Å². The van der Waals surface area contributed by atoms with Crippen molar-refractivity contribution in [1.82, 2.24) is 34.9 Å². The van der Waals surface area contributed by atoms with Gasteiger partial charge in [-0.15, -0.1) is 0 Å². The number of imide groups is 1. The molecule has 2 fully saturated rings. The summed E-state index contributed by atoms with van der Waals surface area (Å²) in [6.07, 6.45) is 9.09. The summed E-state index contributed by atoms with van der Waals surface area (Å²) < 4.78 is 9.23. The van der Waals surface area contributed by atoms with Crippen LogP contribution in [0, 0.1) is 25.0 Å². The van der Waals surface area contributed by atoms with Crippen molar-refractivity contribution in [2.75, 3.05) is 54.4 Å². The van der Waals surface area contributed by atoms with Gasteiger partial charge in [-0.05, 0) is 135 Å². The zero-order valence-corrected chi connectivity index (χ0v) is 41.1. The Hall–Kier alpha value is -7.39. The number of aliphatic hydroxyl groups excluding tert-OH is 1. The number of pyridine rings is 2. The van der Waals surface area contributed by atoms with Gasteiger partial charge < -0.3 is 30.1 Å². The molecule has 11 rings (SSSR count). The number of carbonyl (C=O) groups excluding carboxylic acids is 2. The van der Waals surface area contributed by atoms with E-state index in [1.807, 2.05) is 85.6 Å². The van der Waals surface area contributed by atoms with Crippen LogP contribution in [0.15, 0.2) is 84.9 Å². The van der Waals surface area contributed by atoms with E-state index in [4.69, 9.17) is 14.7 Å². The molecule has 4 aliphatic rings. The molecule has 0 bridgehead atoms. The molecule has 4 N–H and O–H groups in total. The Balaban J connectivity index is 0.660. The molecule has 7 heterocycles. The molecule has 4 aromatic heterocycles. The average Bonchev–Trinajstić information content (AvgIpc) is 3.95. The number of fused-ring (bicyclic) bond motifs is 3. The molecule has 1 aliphatic carbocycles. The molecular weight excluding hydrogens is 929 g/mol. The first-order valence-corrected chi connectivity index (χ1v) is 25.7. The summed E-state index contributed by atoms with van der Waals surface area (Å²) in [4.78, 5) is 58.3. The zero-order valence-electron chi connectivity index (χ0n) is 40.3. The van der Waals surface area contributed by atoms with Crippen molar-refractivity contribution in [3.8, 4) is 16.9 Å². The number of piperazine rings is 1. The fourth-order valence-corrected chi connectivity index (χ4v) is 11.6. The topological polar surface area (TPSA) is 191 Å². The van der Waals surface area contributed by atoms with E-state index in [1.54, 1.807) is 10.7 Å². The maximum atomic E-state index is 12.8. The van der Waals surface area contributed by atoms with Gasteiger partial charge in [0.2, 0.25) is 11.8 Å². The lowest BCUT2D eigenvalue weighted by Crippen LogP contribution is -2.47. The second-order valence-corrected chi connectivity index (χ2v) is 20.3. The number of allylic oxidation sites excluding steroid dienone is 1. The predicted molar refractivity (Wildman–Crippen MR) is 276 cm³/mol. The van der Waals surface area contributed by atoms with Gasteiger partial charge in [0, 0.05) is 74.8 Å². The van der Waals surface area contributed by atoms with Crippen LogP contribution in [0.1, 0.15) is 89.1 Å². The summed E-state index contributed by atoms with van der Waals surface area (Å²) in [5.74, 6) is 0.635. The van der Waals surface area contributed by atoms with Crippen LogP contribution in [0.5, 0.6) is 5.75 Å². The van der Waals surface area contributed by atoms with E-state index in [2.05, 4.69) is 54.8 Å². The number of thiazole rings is 1. The molecule has 17 heteroatoms. The number of carbonyl (C=O) groups is 3. The number of rotatable bonds is 14. The normalized spacial score (nSPS) is 19.8. The lowest BCUT2D eigenvalue weighted by atomic mass is 9.90. The second kappa shape index (κ2) is 20.0. The SMILES string of the molecule is Cc1cc(OC2C=CC(CCCN3CCN(c4ccc5c(C6CCC(=O)NC6=O)nn(C)c5n4)CC3)CC2)ccc1-c1ccc(N2CCc3c#ccc(C(O)Nc4nc5ccccc5s4)c3C2)nc1C(=O)O. The number of aromatic carboxylic acids is 1. The van der Waals surface area contributed by atoms with E-state index in [0.717, 1.165) is 113 Å². The number of aliphatic hydroxyl groups is 1. The van der Waals surface area contributed by atoms with E-state index in [0.29, 0.717) is 66.0 Å². The largest absolute Gasteiger partial charge is 0.486 e. The van der Waals surface area contributed by atoms with Gasteiger partial charge in [-0.25, -0.2) is 19.7 Å². The fraction of sp³-hybridized carbons (Fsp3) is 0.364. The maximum absolute atomic E-state index is 12.8. The number of piperidine rings is 1. The minimum atomic E-state index is -1.11. The first kappa shape index (κ1) is 47.0. The zero-order chi connectivity index (χ0) is 49.5. The van der Waals surface area contributed by atoms with Crippen LogP contribution < -0.4 is 25.2 Å². The van der Waals surface area contributed by atoms with Gasteiger partial charge in [-0.1, -0.05) is 47.7 Å². The molecule has 0 saturated carbocycles. The average molecular weight is 985 g/mol. The summed E-state index contributed by atoms with van der Waals surface area (Å²) in [5, 5.41) is 33.5. The monoisotopic (exact) mass is 984 g/mol. The van der Waals surface area contributed by atoms with Crippen molar-refractivity contribution in [2.24, 2.45) is 13.0 Å². The number of hydrogen-bond acceptors (Lipinski definition) is 14. The summed E-state index contributed by atoms with van der Waals surface area (Å²) in [6.45, 7) is 7.75. The molecule has 368 valence electrons. The third kappa shape index (κ3) is 9.69. The van der Waals surface area contributed by atoms with Gasteiger partial charge in [-0.3, -0.25) is 24.5 Å². The summed E-state index contributed by atoms with van der Waals surface area (Å²) in [7, 11) is 1.85. The van der Waals surface area contributed by atoms with Crippen LogP contribution in [-0.2, 0) is 29.6 Å². The Labute approximate surface area is 421 Å². The van der Waals surface area contributed by atoms with Crippen molar-refractivity contribution in [1.29, 1.82) is 0 Å². The number of ether oxygens (including phenoxy) is 1. The van der Waals surface area contributed by atoms with Gasteiger partial charge in [-0.2, -0.15) is 5.10 Å². The van der Waals surface area contributed by atoms with Crippen LogP contribution in [0.25, 0.3) is 32.4 Å². The molecule has 2 saturated heterocycles. The molecule has 3 aromatic carbocycles. The lowest BCUT2D eigenvalue weighted by Gasteiger charge is -2.35. The molecule has 4 unspecified atom stereocenters. The number of hydrogen-bond donors (Lipinski definition) is 4. The van der Waals surface area contributed by atoms with E-state index >= 15 is 0 Å². The van der Waals surface area contributed by atoms with Crippen LogP contribution in [0.2, 0.25) is 0 Å². The van der Waals surface area contributed by atoms with Gasteiger partial charge in [0.25, 0.3) is 0 Å². The van der Waals surface area contributed by atoms with Crippen molar-refractivity contribution in [3.05, 3.63) is 131 Å². The van der Waals surface area contributed by atoms with E-state index < -0.39 is 18.1 Å². The number of nitrogens with one attached hydrogen (secondary N) is 2. The Bertz CT molecular complexity index is 3200. The molecule has 0 radical (unpaired) electrons. The molecule has 3 aliphatic heterocycles. The summed E-state index contributed by atoms with van der Waals surface area (Å²) in [6, 6.07) is 29.5. The number of nitrogens with zero attached hydrogens (tertiary/aromatic N) is 8. The number of carboxylic acid groups (broad SMARTS) is 1. The number of para-hydroxylation sites is 1. The first-order valence-electron chi connectivity index (χ1n) is 24.9. The maximum Gasteiger partial charge on any atom is 0.355 e. The quantitative estimate of drug-likeness (QED) is 0.0470. The highest BCUT2D eigenvalue weighted by Gasteiger charge is 2.33. The highest BCUT2D eigenvalue weighted by molar-refractivity contribution is 7.22. The number of aryl methyl sites for hydroxylation is 2. The predicted octanol–water partition coefficient (Wildman–Crippen LogP) is 7.75. The lowest BCUT2D eigenvalue weighted by molar-refractivity contribution is -0.134. The molecule has 4 atom stereocenters. The van der Waals surface area contributed by atoms with Crippen LogP contribution in [-0.4, -0.2) is 103 Å². The fourth-order valence-electron chi connectivity index (χ4n) is 10.7. The number of carboxylic acids is 1. The molecular formula is C55H56N10O6S. The highest BCUT2D eigenvalue weighted by Crippen LogP contribution is 2.36. The summed E-state index contributed by atoms with van der Waals surface area (Å²) in [5.41, 5.74) is 7.02. The van der Waals surface area contributed by atoms with Gasteiger partial charge >= 0.3 is 5.97 Å². The Morgan fingerprint density at radius 2 is 1.75 bits per heavy atom. The van der Waals surface area contributed by atoms with Crippen molar-refractivity contribution in [2.45, 2.75) is 76.7 Å². The van der Waals surface area contributed by atoms with E-state index in [1.165, 1.54) is 11.3 Å². The van der Waals surface area contributed by atoms with Crippen molar-refractivity contribution in [3.63, 3.8) is 0 Å². The number of aromatic nitrogens is 5. The third-order valence-corrected chi connectivity index (χ3v) is 15.6. The smallest absolute Gasteiger partial charge is 0.355 e. The molecule has 0 spiro atoms. The van der Waals surface area contributed by atoms with Crippen LogP contribution in [0.4, 0.5) is 16.8 Å². The number of anilines is 3. The van der Waals surface area contributed by atoms with Gasteiger partial charge in [0.05, 0.1) is 21.8 Å². The van der Waals surface area contributed by atoms with Crippen molar-refractivity contribution < 1.29 is 29.3 Å². The van der Waals surface area contributed by atoms with Crippen molar-refractivity contribution >= 4 is 67.1 Å². The standard InChI is InChI=1S/C55H56N10O6S/c1-33-31-37(71-36-14-12-34(13-15-36)7-6-25-63-27-29-64(30-28-63)47-22-19-41-49(61-62(2)51(41)58-47)42-20-23-48(66)59-53(42)68)16-17-38(33)39-18-21-46(57-50(39)54(69)70)65-26-24-35-8-5-9-40(43(35)32-65)52(67)60-55-56-44-10-3-4-11-45(44)72-55/h3-4,9-12,14,16-19,21-22,31,34,36,42,52,67H,6-7,13,15,20,23-30,32H2,1-2H3,(H,56,60)(H,69,70)(H,59,66,68). The Kier molecular flexibility index (Phi) is 13.1. The highest BCUT2D eigenvalue weighted by atomic mass is 32.1. The molecule has 72 heavy (non-hydrogen) atoms. The second-order valence-electron chi connectivity index (χ2n) is 19.3. The van der Waals surface area contributed by atoms with Gasteiger partial charge in [0.15, 0.2) is 22.7 Å². The minimum absolute atomic E-state index is 0.0230. The number of benzene rings is 2. The van der Waals surface area contributed by atoms with Gasteiger partial charge in [0.1, 0.15) is 23.5 Å². The molecule has 7 aromatic rings. The molecule has 2 amide bonds. The first-order chi connectivity index (χ1) is 35.0. The minimum Gasteiger partial charge on any atom is -0.486 e. The Morgan fingerprint density at radius 1 is 0.931 bits per heavy atom. The third-order valence-electron chi connectivity index (χ3n) is 14.6. The van der Waals surface area contributed by atoms with Crippen LogP contribution in [0.3, 0.4) is 0 Å². The van der Waals surface area contributed by atoms with Crippen LogP contribution >= 0.6 is 11.3 Å². The Morgan fingerprint density at radius 3 is 2.54 bits per heavy atom. The molecule has 16 nitrogen and oxygen atoms in total. The number of amides is 2. The van der Waals surface area contributed by atoms with E-state index in [-0.39, 0.29) is 23.6 Å².